The highest BCUT2D eigenvalue weighted by atomic mass is 79.9. The maximum atomic E-state index is 12.1. The van der Waals surface area contributed by atoms with Gasteiger partial charge in [-0.05, 0) is 34.0 Å². The highest BCUT2D eigenvalue weighted by Crippen LogP contribution is 2.25. The molecule has 1 amide bonds. The molecule has 0 unspecified atom stereocenters. The van der Waals surface area contributed by atoms with E-state index < -0.39 is 22.8 Å². The molecular formula is C13H15BrN2O5. The standard InChI is InChI=1S/C13H15BrN2O5/c1-7(2)11(13(18)21-3)15-12(17)8-4-5-9(14)10(6-8)16(19)20/h4-7,11H,1-3H3,(H,15,17)/t11-/m0/s1. The van der Waals surface area contributed by atoms with Crippen molar-refractivity contribution in [2.45, 2.75) is 19.9 Å². The van der Waals surface area contributed by atoms with Gasteiger partial charge in [0.1, 0.15) is 6.04 Å². The van der Waals surface area contributed by atoms with E-state index in [1.807, 2.05) is 0 Å². The minimum atomic E-state index is -0.815. The number of carbonyl (C=O) groups is 2. The van der Waals surface area contributed by atoms with Crippen LogP contribution in [-0.2, 0) is 9.53 Å². The zero-order valence-electron chi connectivity index (χ0n) is 11.8. The second-order valence-electron chi connectivity index (χ2n) is 4.64. The number of benzene rings is 1. The van der Waals surface area contributed by atoms with Gasteiger partial charge in [-0.15, -0.1) is 0 Å². The molecule has 0 radical (unpaired) electrons. The van der Waals surface area contributed by atoms with E-state index in [1.165, 1.54) is 19.2 Å². The molecule has 0 saturated carbocycles. The average Bonchev–Trinajstić information content (AvgIpc) is 2.43. The normalized spacial score (nSPS) is 11.9. The number of halogens is 1. The van der Waals surface area contributed by atoms with Gasteiger partial charge in [-0.1, -0.05) is 13.8 Å². The van der Waals surface area contributed by atoms with Crippen molar-refractivity contribution in [2.75, 3.05) is 7.11 Å². The van der Waals surface area contributed by atoms with Crippen molar-refractivity contribution in [3.05, 3.63) is 38.3 Å². The Morgan fingerprint density at radius 2 is 2.00 bits per heavy atom. The highest BCUT2D eigenvalue weighted by Gasteiger charge is 2.26. The lowest BCUT2D eigenvalue weighted by Crippen LogP contribution is -2.45. The lowest BCUT2D eigenvalue weighted by atomic mass is 10.0. The number of esters is 1. The Balaban J connectivity index is 3.01. The molecule has 0 aromatic heterocycles. The summed E-state index contributed by atoms with van der Waals surface area (Å²) in [6.45, 7) is 3.51. The maximum absolute atomic E-state index is 12.1. The topological polar surface area (TPSA) is 98.5 Å². The van der Waals surface area contributed by atoms with Crippen molar-refractivity contribution in [3.8, 4) is 0 Å². The molecule has 21 heavy (non-hydrogen) atoms. The second kappa shape index (κ2) is 7.16. The Morgan fingerprint density at radius 1 is 1.38 bits per heavy atom. The van der Waals surface area contributed by atoms with Crippen molar-refractivity contribution in [3.63, 3.8) is 0 Å². The van der Waals surface area contributed by atoms with Crippen LogP contribution in [-0.4, -0.2) is 30.0 Å². The number of hydrogen-bond donors (Lipinski definition) is 1. The Hall–Kier alpha value is -1.96. The third-order valence-corrected chi connectivity index (χ3v) is 3.48. The summed E-state index contributed by atoms with van der Waals surface area (Å²) in [6, 6.07) is 3.18. The predicted octanol–water partition coefficient (Wildman–Crippen LogP) is 2.28. The largest absolute Gasteiger partial charge is 0.467 e. The van der Waals surface area contributed by atoms with Gasteiger partial charge in [0.2, 0.25) is 0 Å². The van der Waals surface area contributed by atoms with Gasteiger partial charge in [0, 0.05) is 11.6 Å². The van der Waals surface area contributed by atoms with Gasteiger partial charge >= 0.3 is 5.97 Å². The van der Waals surface area contributed by atoms with Crippen LogP contribution >= 0.6 is 15.9 Å². The third-order valence-electron chi connectivity index (χ3n) is 2.81. The first-order chi connectivity index (χ1) is 9.77. The zero-order valence-corrected chi connectivity index (χ0v) is 13.3. The summed E-state index contributed by atoms with van der Waals surface area (Å²) < 4.78 is 4.90. The number of nitro groups is 1. The first-order valence-corrected chi connectivity index (χ1v) is 6.89. The Labute approximate surface area is 129 Å². The van der Waals surface area contributed by atoms with Crippen LogP contribution in [0.15, 0.2) is 22.7 Å². The van der Waals surface area contributed by atoms with Crippen LogP contribution in [0.3, 0.4) is 0 Å². The molecule has 0 aliphatic rings. The number of nitrogens with zero attached hydrogens (tertiary/aromatic N) is 1. The van der Waals surface area contributed by atoms with Crippen molar-refractivity contribution in [1.29, 1.82) is 0 Å². The molecule has 0 aliphatic heterocycles. The molecule has 0 aliphatic carbocycles. The van der Waals surface area contributed by atoms with E-state index in [0.717, 1.165) is 6.07 Å². The molecule has 0 heterocycles. The van der Waals surface area contributed by atoms with Gasteiger partial charge in [-0.3, -0.25) is 14.9 Å². The first kappa shape index (κ1) is 17.1. The number of nitro benzene ring substituents is 1. The van der Waals surface area contributed by atoms with Gasteiger partial charge in [-0.25, -0.2) is 4.79 Å². The van der Waals surface area contributed by atoms with Gasteiger partial charge in [0.15, 0.2) is 0 Å². The minimum Gasteiger partial charge on any atom is -0.467 e. The van der Waals surface area contributed by atoms with E-state index >= 15 is 0 Å². The summed E-state index contributed by atoms with van der Waals surface area (Å²) in [5.74, 6) is -1.31. The smallest absolute Gasteiger partial charge is 0.328 e. The van der Waals surface area contributed by atoms with Gasteiger partial charge in [-0.2, -0.15) is 0 Å². The van der Waals surface area contributed by atoms with Crippen molar-refractivity contribution < 1.29 is 19.2 Å². The van der Waals surface area contributed by atoms with E-state index in [-0.39, 0.29) is 21.6 Å². The first-order valence-electron chi connectivity index (χ1n) is 6.10. The summed E-state index contributed by atoms with van der Waals surface area (Å²) >= 11 is 3.04. The van der Waals surface area contributed by atoms with Crippen molar-refractivity contribution in [2.24, 2.45) is 5.92 Å². The van der Waals surface area contributed by atoms with Crippen molar-refractivity contribution >= 4 is 33.5 Å². The molecule has 1 atom stereocenters. The van der Waals surface area contributed by atoms with Crippen LogP contribution in [0.2, 0.25) is 0 Å². The molecule has 1 rings (SSSR count). The monoisotopic (exact) mass is 358 g/mol. The molecule has 0 spiro atoms. The quantitative estimate of drug-likeness (QED) is 0.494. The number of carbonyl (C=O) groups excluding carboxylic acids is 2. The molecule has 0 bridgehead atoms. The number of rotatable bonds is 5. The number of amides is 1. The summed E-state index contributed by atoms with van der Waals surface area (Å²) in [5, 5.41) is 13.4. The molecule has 1 aromatic rings. The Bertz CT molecular complexity index is 574. The molecule has 0 fully saturated rings. The van der Waals surface area contributed by atoms with Crippen LogP contribution in [0.5, 0.6) is 0 Å². The number of methoxy groups -OCH3 is 1. The van der Waals surface area contributed by atoms with Crippen LogP contribution in [0, 0.1) is 16.0 Å². The van der Waals surface area contributed by atoms with Gasteiger partial charge in [0.05, 0.1) is 16.5 Å². The second-order valence-corrected chi connectivity index (χ2v) is 5.50. The zero-order chi connectivity index (χ0) is 16.2. The minimum absolute atomic E-state index is 0.0967. The fraction of sp³-hybridized carbons (Fsp3) is 0.385. The van der Waals surface area contributed by atoms with E-state index in [9.17, 15) is 19.7 Å². The van der Waals surface area contributed by atoms with Crippen LogP contribution < -0.4 is 5.32 Å². The van der Waals surface area contributed by atoms with E-state index in [4.69, 9.17) is 0 Å². The lowest BCUT2D eigenvalue weighted by molar-refractivity contribution is -0.385. The third kappa shape index (κ3) is 4.25. The van der Waals surface area contributed by atoms with Crippen LogP contribution in [0.25, 0.3) is 0 Å². The molecular weight excluding hydrogens is 344 g/mol. The number of hydrogen-bond acceptors (Lipinski definition) is 5. The van der Waals surface area contributed by atoms with Crippen LogP contribution in [0.4, 0.5) is 5.69 Å². The number of nitrogens with one attached hydrogen (secondary N) is 1. The fourth-order valence-corrected chi connectivity index (χ4v) is 2.03. The molecule has 114 valence electrons. The molecule has 1 N–H and O–H groups in total. The Morgan fingerprint density at radius 3 is 2.48 bits per heavy atom. The fourth-order valence-electron chi connectivity index (χ4n) is 1.64. The van der Waals surface area contributed by atoms with Gasteiger partial charge < -0.3 is 10.1 Å². The maximum Gasteiger partial charge on any atom is 0.328 e. The average molecular weight is 359 g/mol. The van der Waals surface area contributed by atoms with Crippen LogP contribution in [0.1, 0.15) is 24.2 Å². The Kier molecular flexibility index (Phi) is 5.83. The molecule has 1 aromatic carbocycles. The van der Waals surface area contributed by atoms with E-state index in [2.05, 4.69) is 26.0 Å². The van der Waals surface area contributed by atoms with Gasteiger partial charge in [0.25, 0.3) is 11.6 Å². The van der Waals surface area contributed by atoms with E-state index in [0.29, 0.717) is 0 Å². The molecule has 7 nitrogen and oxygen atoms in total. The lowest BCUT2D eigenvalue weighted by Gasteiger charge is -2.19. The highest BCUT2D eigenvalue weighted by molar-refractivity contribution is 9.10. The molecule has 8 heteroatoms. The van der Waals surface area contributed by atoms with Crippen molar-refractivity contribution in [1.82, 2.24) is 5.32 Å². The van der Waals surface area contributed by atoms with E-state index in [1.54, 1.807) is 13.8 Å². The molecule has 0 saturated heterocycles. The summed E-state index contributed by atoms with van der Waals surface area (Å²) in [6.07, 6.45) is 0. The number of ether oxygens (including phenoxy) is 1. The predicted molar refractivity (Wildman–Crippen MR) is 78.9 cm³/mol. The SMILES string of the molecule is COC(=O)[C@@H](NC(=O)c1ccc(Br)c([N+](=O)[O-])c1)C(C)C. The summed E-state index contributed by atoms with van der Waals surface area (Å²) in [4.78, 5) is 34.0. The summed E-state index contributed by atoms with van der Waals surface area (Å²) in [7, 11) is 1.23. The summed E-state index contributed by atoms with van der Waals surface area (Å²) in [5.41, 5.74) is -0.124.